The predicted molar refractivity (Wildman–Crippen MR) is 136 cm³/mol. The summed E-state index contributed by atoms with van der Waals surface area (Å²) in [5, 5.41) is 10.5. The molecule has 0 aromatic heterocycles. The zero-order valence-electron chi connectivity index (χ0n) is 20.1. The van der Waals surface area contributed by atoms with Gasteiger partial charge in [-0.15, -0.1) is 0 Å². The van der Waals surface area contributed by atoms with Crippen molar-refractivity contribution in [1.29, 1.82) is 0 Å². The predicted octanol–water partition coefficient (Wildman–Crippen LogP) is 5.32. The smallest absolute Gasteiger partial charge is 0.408 e. The van der Waals surface area contributed by atoms with Crippen LogP contribution in [0.25, 0.3) is 0 Å². The molecule has 36 heavy (non-hydrogen) atoms. The number of ether oxygens (including phenoxy) is 1. The molecule has 2 atom stereocenters. The number of esters is 1. The van der Waals surface area contributed by atoms with Gasteiger partial charge in [-0.25, -0.2) is 9.59 Å². The molecular formula is C28H27ClN2O5. The van der Waals surface area contributed by atoms with Gasteiger partial charge >= 0.3 is 12.1 Å². The van der Waals surface area contributed by atoms with E-state index in [1.165, 1.54) is 12.0 Å². The van der Waals surface area contributed by atoms with E-state index in [2.05, 4.69) is 0 Å². The van der Waals surface area contributed by atoms with Crippen molar-refractivity contribution in [3.8, 4) is 0 Å². The Balaban J connectivity index is 1.70. The number of halogens is 1. The number of hydrogen-bond donors (Lipinski definition) is 1. The maximum atomic E-state index is 14.1. The van der Waals surface area contributed by atoms with E-state index in [1.807, 2.05) is 49.4 Å². The molecule has 1 aliphatic heterocycles. The highest BCUT2D eigenvalue weighted by Crippen LogP contribution is 2.32. The minimum atomic E-state index is -1.14. The Morgan fingerprint density at radius 2 is 1.67 bits per heavy atom. The first-order valence-corrected chi connectivity index (χ1v) is 12.0. The van der Waals surface area contributed by atoms with Crippen LogP contribution in [-0.2, 0) is 29.0 Å². The third kappa shape index (κ3) is 5.21. The summed E-state index contributed by atoms with van der Waals surface area (Å²) in [4.78, 5) is 40.9. The molecule has 0 aliphatic carbocycles. The molecule has 0 saturated carbocycles. The van der Waals surface area contributed by atoms with Crippen molar-refractivity contribution in [3.05, 3.63) is 106 Å². The molecule has 8 heteroatoms. The first kappa shape index (κ1) is 25.3. The largest absolute Gasteiger partial charge is 0.465 e. The summed E-state index contributed by atoms with van der Waals surface area (Å²) in [7, 11) is 1.32. The molecule has 1 aliphatic rings. The zero-order chi connectivity index (χ0) is 25.8. The number of amides is 2. The van der Waals surface area contributed by atoms with Crippen LogP contribution >= 0.6 is 11.6 Å². The average molecular weight is 507 g/mol. The molecule has 0 saturated heterocycles. The molecule has 7 nitrogen and oxygen atoms in total. The summed E-state index contributed by atoms with van der Waals surface area (Å²) in [6.45, 7) is 2.23. The van der Waals surface area contributed by atoms with Gasteiger partial charge in [-0.1, -0.05) is 66.2 Å². The van der Waals surface area contributed by atoms with Crippen LogP contribution in [0, 0.1) is 0 Å². The second kappa shape index (κ2) is 10.8. The molecule has 1 heterocycles. The van der Waals surface area contributed by atoms with Crippen LogP contribution in [0.2, 0.25) is 5.02 Å². The lowest BCUT2D eigenvalue weighted by Gasteiger charge is -2.39. The van der Waals surface area contributed by atoms with Gasteiger partial charge in [-0.05, 0) is 47.4 Å². The van der Waals surface area contributed by atoms with Crippen LogP contribution in [0.1, 0.15) is 45.6 Å². The number of fused-ring (bicyclic) bond motifs is 1. The monoisotopic (exact) mass is 506 g/mol. The molecule has 1 unspecified atom stereocenters. The van der Waals surface area contributed by atoms with E-state index in [9.17, 15) is 19.5 Å². The van der Waals surface area contributed by atoms with E-state index in [0.717, 1.165) is 22.3 Å². The van der Waals surface area contributed by atoms with Crippen molar-refractivity contribution in [1.82, 2.24) is 9.80 Å². The van der Waals surface area contributed by atoms with E-state index >= 15 is 0 Å². The lowest BCUT2D eigenvalue weighted by molar-refractivity contribution is -0.140. The first-order chi connectivity index (χ1) is 17.3. The van der Waals surface area contributed by atoms with Gasteiger partial charge in [0, 0.05) is 18.0 Å². The fraction of sp³-hybridized carbons (Fsp3) is 0.250. The Kier molecular flexibility index (Phi) is 7.60. The Morgan fingerprint density at radius 1 is 1.03 bits per heavy atom. The van der Waals surface area contributed by atoms with Crippen molar-refractivity contribution < 1.29 is 24.2 Å². The van der Waals surface area contributed by atoms with E-state index < -0.39 is 24.1 Å². The number of nitrogens with zero attached hydrogens (tertiary/aromatic N) is 2. The second-order valence-corrected chi connectivity index (χ2v) is 9.16. The molecule has 0 radical (unpaired) electrons. The molecule has 4 rings (SSSR count). The number of methoxy groups -OCH3 is 1. The molecule has 1 N–H and O–H groups in total. The lowest BCUT2D eigenvalue weighted by atomic mass is 9.92. The van der Waals surface area contributed by atoms with Crippen molar-refractivity contribution in [2.24, 2.45) is 0 Å². The van der Waals surface area contributed by atoms with Gasteiger partial charge in [0.2, 0.25) is 5.91 Å². The van der Waals surface area contributed by atoms with Gasteiger partial charge in [0.05, 0.1) is 25.3 Å². The van der Waals surface area contributed by atoms with Gasteiger partial charge in [-0.3, -0.25) is 9.69 Å². The molecule has 0 spiro atoms. The second-order valence-electron chi connectivity index (χ2n) is 8.75. The van der Waals surface area contributed by atoms with Crippen molar-refractivity contribution >= 4 is 29.6 Å². The molecule has 0 bridgehead atoms. The van der Waals surface area contributed by atoms with Gasteiger partial charge in [0.25, 0.3) is 0 Å². The molecule has 3 aromatic rings. The van der Waals surface area contributed by atoms with E-state index in [4.69, 9.17) is 16.3 Å². The third-order valence-corrected chi connectivity index (χ3v) is 6.96. The van der Waals surface area contributed by atoms with Gasteiger partial charge in [-0.2, -0.15) is 0 Å². The minimum Gasteiger partial charge on any atom is -0.465 e. The van der Waals surface area contributed by atoms with Gasteiger partial charge < -0.3 is 14.7 Å². The summed E-state index contributed by atoms with van der Waals surface area (Å²) in [5.41, 5.74) is 3.80. The quantitative estimate of drug-likeness (QED) is 0.457. The minimum absolute atomic E-state index is 0.143. The molecule has 0 fully saturated rings. The Bertz CT molecular complexity index is 1280. The Morgan fingerprint density at radius 3 is 2.31 bits per heavy atom. The summed E-state index contributed by atoms with van der Waals surface area (Å²) in [6.07, 6.45) is -0.857. The van der Waals surface area contributed by atoms with E-state index in [-0.39, 0.29) is 25.4 Å². The topological polar surface area (TPSA) is 87.2 Å². The average Bonchev–Trinajstić information content (AvgIpc) is 2.90. The van der Waals surface area contributed by atoms with E-state index in [0.29, 0.717) is 10.6 Å². The highest BCUT2D eigenvalue weighted by Gasteiger charge is 2.38. The van der Waals surface area contributed by atoms with Crippen molar-refractivity contribution in [2.45, 2.75) is 38.5 Å². The van der Waals surface area contributed by atoms with Crippen LogP contribution in [0.5, 0.6) is 0 Å². The number of carbonyl (C=O) groups excluding carboxylic acids is 2. The highest BCUT2D eigenvalue weighted by molar-refractivity contribution is 6.31. The number of rotatable bonds is 6. The van der Waals surface area contributed by atoms with Crippen molar-refractivity contribution in [2.75, 3.05) is 7.11 Å². The lowest BCUT2D eigenvalue weighted by Crippen LogP contribution is -2.53. The summed E-state index contributed by atoms with van der Waals surface area (Å²) in [5.74, 6) is -0.756. The van der Waals surface area contributed by atoms with Crippen LogP contribution in [0.3, 0.4) is 0 Å². The molecule has 3 aromatic carbocycles. The third-order valence-electron chi connectivity index (χ3n) is 6.61. The fourth-order valence-electron chi connectivity index (χ4n) is 4.58. The number of hydrogen-bond acceptors (Lipinski definition) is 4. The highest BCUT2D eigenvalue weighted by atomic mass is 35.5. The SMILES string of the molecule is COC(=O)c1ccc(CN(C(=O)C2Cc3ccccc3CN2C(=O)O)[C@H](C)c2ccccc2Cl)cc1. The van der Waals surface area contributed by atoms with E-state index in [1.54, 1.807) is 35.2 Å². The standard InChI is InChI=1S/C28H27ClN2O5/c1-18(23-9-5-6-10-24(23)29)30(16-19-11-13-20(14-12-19)27(33)36-2)26(32)25-15-21-7-3-4-8-22(21)17-31(25)28(34)35/h3-14,18,25H,15-17H2,1-2H3,(H,34,35)/t18-,25?/m1/s1. The van der Waals surface area contributed by atoms with Crippen LogP contribution in [-0.4, -0.2) is 46.0 Å². The fourth-order valence-corrected chi connectivity index (χ4v) is 4.88. The number of benzene rings is 3. The maximum absolute atomic E-state index is 14.1. The summed E-state index contributed by atoms with van der Waals surface area (Å²) >= 11 is 6.48. The first-order valence-electron chi connectivity index (χ1n) is 11.6. The summed E-state index contributed by atoms with van der Waals surface area (Å²) in [6, 6.07) is 20.4. The molecule has 2 amide bonds. The summed E-state index contributed by atoms with van der Waals surface area (Å²) < 4.78 is 4.77. The molecule has 186 valence electrons. The van der Waals surface area contributed by atoms with Crippen LogP contribution < -0.4 is 0 Å². The number of carboxylic acid groups (broad SMARTS) is 1. The normalized spacial score (nSPS) is 15.5. The van der Waals surface area contributed by atoms with Crippen LogP contribution in [0.15, 0.2) is 72.8 Å². The Labute approximate surface area is 214 Å². The maximum Gasteiger partial charge on any atom is 0.408 e. The Hall–Kier alpha value is -3.84. The van der Waals surface area contributed by atoms with Gasteiger partial charge in [0.15, 0.2) is 0 Å². The van der Waals surface area contributed by atoms with Gasteiger partial charge in [0.1, 0.15) is 6.04 Å². The van der Waals surface area contributed by atoms with Crippen molar-refractivity contribution in [3.63, 3.8) is 0 Å². The number of carbonyl (C=O) groups is 3. The zero-order valence-corrected chi connectivity index (χ0v) is 20.8. The molecular weight excluding hydrogens is 480 g/mol. The van der Waals surface area contributed by atoms with Crippen LogP contribution in [0.4, 0.5) is 4.79 Å².